The summed E-state index contributed by atoms with van der Waals surface area (Å²) in [6, 6.07) is 58.6. The van der Waals surface area contributed by atoms with E-state index in [2.05, 4.69) is 158 Å². The lowest BCUT2D eigenvalue weighted by molar-refractivity contribution is 1.02. The van der Waals surface area contributed by atoms with Gasteiger partial charge in [-0.1, -0.05) is 146 Å². The minimum atomic E-state index is 0.231. The maximum absolute atomic E-state index is 2.43. The summed E-state index contributed by atoms with van der Waals surface area (Å²) in [5.74, 6) is 0.509. The lowest BCUT2D eigenvalue weighted by Gasteiger charge is -2.17. The maximum atomic E-state index is 2.43. The summed E-state index contributed by atoms with van der Waals surface area (Å²) in [5, 5.41) is 2.63. The van der Waals surface area contributed by atoms with Gasteiger partial charge in [0.25, 0.3) is 0 Å². The molecule has 0 amide bonds. The third kappa shape index (κ3) is 3.42. The van der Waals surface area contributed by atoms with E-state index in [-0.39, 0.29) is 11.8 Å². The van der Waals surface area contributed by atoms with Crippen LogP contribution < -0.4 is 0 Å². The van der Waals surface area contributed by atoms with Crippen LogP contribution >= 0.6 is 0 Å². The van der Waals surface area contributed by atoms with Crippen molar-refractivity contribution in [3.8, 4) is 33.4 Å². The summed E-state index contributed by atoms with van der Waals surface area (Å²) in [7, 11) is 0. The van der Waals surface area contributed by atoms with Crippen molar-refractivity contribution in [1.29, 1.82) is 0 Å². The summed E-state index contributed by atoms with van der Waals surface area (Å²) < 4.78 is 0. The molecule has 0 saturated carbocycles. The van der Waals surface area contributed by atoms with Crippen molar-refractivity contribution < 1.29 is 0 Å². The predicted octanol–water partition coefficient (Wildman–Crippen LogP) is 10.8. The van der Waals surface area contributed by atoms with Gasteiger partial charge in [-0.15, -0.1) is 0 Å². The topological polar surface area (TPSA) is 0 Å². The number of rotatable bonds is 3. The number of hydrogen-bond donors (Lipinski definition) is 0. The lowest BCUT2D eigenvalue weighted by Crippen LogP contribution is -2.00. The summed E-state index contributed by atoms with van der Waals surface area (Å²) >= 11 is 0. The monoisotopic (exact) mass is 532 g/mol. The second-order valence-corrected chi connectivity index (χ2v) is 11.6. The molecule has 0 N–H and O–H groups in total. The first-order valence-electron chi connectivity index (χ1n) is 14.8. The smallest absolute Gasteiger partial charge is 0.0358 e. The fourth-order valence-electron chi connectivity index (χ4n) is 7.61. The molecule has 0 saturated heterocycles. The highest BCUT2D eigenvalue weighted by Crippen LogP contribution is 2.52. The number of fused-ring (bicyclic) bond motifs is 7. The Kier molecular flexibility index (Phi) is 5.12. The van der Waals surface area contributed by atoms with Gasteiger partial charge in [-0.3, -0.25) is 0 Å². The molecule has 7 aromatic carbocycles. The van der Waals surface area contributed by atoms with Gasteiger partial charge in [0.1, 0.15) is 0 Å². The number of benzene rings is 7. The van der Waals surface area contributed by atoms with Crippen LogP contribution in [0.1, 0.15) is 45.2 Å². The first-order valence-corrected chi connectivity index (χ1v) is 14.8. The largest absolute Gasteiger partial charge is 0.0622 e. The van der Waals surface area contributed by atoms with Crippen LogP contribution in [0.25, 0.3) is 44.2 Å². The van der Waals surface area contributed by atoms with Crippen molar-refractivity contribution >= 4 is 10.8 Å². The predicted molar refractivity (Wildman–Crippen MR) is 175 cm³/mol. The maximum Gasteiger partial charge on any atom is 0.0358 e. The second-order valence-electron chi connectivity index (χ2n) is 11.6. The van der Waals surface area contributed by atoms with E-state index >= 15 is 0 Å². The van der Waals surface area contributed by atoms with Crippen LogP contribution in [-0.2, 0) is 0 Å². The van der Waals surface area contributed by atoms with E-state index in [1.807, 2.05) is 0 Å². The SMILES string of the molecule is c1ccc(C2c3ccccc3-c3cc(-c4ccc5c(c4)-c4ccccc4C5c4cccc5ccccc45)ccc32)cc1. The molecule has 0 aromatic heterocycles. The summed E-state index contributed by atoms with van der Waals surface area (Å²) in [6.07, 6.45) is 0. The van der Waals surface area contributed by atoms with Crippen LogP contribution in [0, 0.1) is 0 Å². The summed E-state index contributed by atoms with van der Waals surface area (Å²) in [6.45, 7) is 0. The van der Waals surface area contributed by atoms with E-state index < -0.39 is 0 Å². The molecule has 0 bridgehead atoms. The molecule has 0 radical (unpaired) electrons. The van der Waals surface area contributed by atoms with Crippen LogP contribution in [0.2, 0.25) is 0 Å². The first-order chi connectivity index (χ1) is 20.8. The molecule has 0 spiro atoms. The second kappa shape index (κ2) is 9.16. The van der Waals surface area contributed by atoms with E-state index in [4.69, 9.17) is 0 Å². The molecule has 0 nitrogen and oxygen atoms in total. The third-order valence-electron chi connectivity index (χ3n) is 9.45. The van der Waals surface area contributed by atoms with Crippen LogP contribution in [-0.4, -0.2) is 0 Å². The van der Waals surface area contributed by atoms with Gasteiger partial charge in [-0.05, 0) is 89.7 Å². The fourth-order valence-corrected chi connectivity index (χ4v) is 7.61. The Labute approximate surface area is 246 Å². The summed E-state index contributed by atoms with van der Waals surface area (Å²) in [5.41, 5.74) is 16.3. The fraction of sp³-hybridized carbons (Fsp3) is 0.0476. The zero-order chi connectivity index (χ0) is 27.6. The Morgan fingerprint density at radius 2 is 0.810 bits per heavy atom. The molecule has 2 aliphatic carbocycles. The van der Waals surface area contributed by atoms with Gasteiger partial charge in [0.05, 0.1) is 0 Å². The van der Waals surface area contributed by atoms with Crippen molar-refractivity contribution in [3.63, 3.8) is 0 Å². The molecule has 196 valence electrons. The van der Waals surface area contributed by atoms with Crippen LogP contribution in [0.15, 0.2) is 158 Å². The van der Waals surface area contributed by atoms with Crippen LogP contribution in [0.4, 0.5) is 0 Å². The quantitative estimate of drug-likeness (QED) is 0.212. The molecule has 42 heavy (non-hydrogen) atoms. The third-order valence-corrected chi connectivity index (χ3v) is 9.45. The Morgan fingerprint density at radius 1 is 0.310 bits per heavy atom. The minimum Gasteiger partial charge on any atom is -0.0622 e. The molecule has 9 rings (SSSR count). The van der Waals surface area contributed by atoms with E-state index in [1.54, 1.807) is 0 Å². The average Bonchev–Trinajstić information content (AvgIpc) is 3.57. The lowest BCUT2D eigenvalue weighted by atomic mass is 9.85. The molecule has 2 aliphatic rings. The molecule has 0 heterocycles. The first kappa shape index (κ1) is 23.5. The highest BCUT2D eigenvalue weighted by molar-refractivity contribution is 5.92. The molecule has 2 atom stereocenters. The minimum absolute atomic E-state index is 0.231. The van der Waals surface area contributed by atoms with E-state index in [0.717, 1.165) is 0 Å². The highest BCUT2D eigenvalue weighted by Gasteiger charge is 2.32. The van der Waals surface area contributed by atoms with Gasteiger partial charge >= 0.3 is 0 Å². The Morgan fingerprint density at radius 3 is 1.52 bits per heavy atom. The van der Waals surface area contributed by atoms with Crippen molar-refractivity contribution in [2.24, 2.45) is 0 Å². The average molecular weight is 533 g/mol. The normalized spacial score (nSPS) is 16.1. The van der Waals surface area contributed by atoms with Crippen molar-refractivity contribution in [1.82, 2.24) is 0 Å². The van der Waals surface area contributed by atoms with Gasteiger partial charge in [0.15, 0.2) is 0 Å². The van der Waals surface area contributed by atoms with Crippen LogP contribution in [0.3, 0.4) is 0 Å². The number of hydrogen-bond acceptors (Lipinski definition) is 0. The van der Waals surface area contributed by atoms with E-state index in [9.17, 15) is 0 Å². The molecular weight excluding hydrogens is 504 g/mol. The van der Waals surface area contributed by atoms with Gasteiger partial charge in [-0.25, -0.2) is 0 Å². The molecule has 0 heteroatoms. The standard InChI is InChI=1S/C42H28/c1-2-12-28(13-3-1)41-35-18-8-6-16-32(35)39-25-29(21-23-37(39)41)30-22-24-38-40(26-30)33-17-7-9-19-36(33)42(38)34-20-10-14-27-11-4-5-15-31(27)34/h1-26,41-42H. The van der Waals surface area contributed by atoms with E-state index in [0.29, 0.717) is 0 Å². The molecule has 2 unspecified atom stereocenters. The van der Waals surface area contributed by atoms with Gasteiger partial charge in [0.2, 0.25) is 0 Å². The van der Waals surface area contributed by atoms with Crippen molar-refractivity contribution in [2.75, 3.05) is 0 Å². The Hall–Kier alpha value is -5.20. The van der Waals surface area contributed by atoms with Gasteiger partial charge in [0, 0.05) is 11.8 Å². The molecular formula is C42H28. The van der Waals surface area contributed by atoms with E-state index in [1.165, 1.54) is 77.5 Å². The van der Waals surface area contributed by atoms with Crippen molar-refractivity contribution in [2.45, 2.75) is 11.8 Å². The Bertz CT molecular complexity index is 2140. The molecule has 0 fully saturated rings. The zero-order valence-electron chi connectivity index (χ0n) is 23.2. The van der Waals surface area contributed by atoms with Crippen molar-refractivity contribution in [3.05, 3.63) is 191 Å². The van der Waals surface area contributed by atoms with Crippen LogP contribution in [0.5, 0.6) is 0 Å². The van der Waals surface area contributed by atoms with Gasteiger partial charge < -0.3 is 0 Å². The molecule has 0 aliphatic heterocycles. The highest BCUT2D eigenvalue weighted by atomic mass is 14.3. The van der Waals surface area contributed by atoms with Gasteiger partial charge in [-0.2, -0.15) is 0 Å². The Balaban J connectivity index is 1.19. The summed E-state index contributed by atoms with van der Waals surface area (Å²) in [4.78, 5) is 0. The molecule has 7 aromatic rings. The zero-order valence-corrected chi connectivity index (χ0v) is 23.2.